The van der Waals surface area contributed by atoms with Crippen molar-refractivity contribution >= 4 is 112 Å². The molecule has 16 amide bonds. The van der Waals surface area contributed by atoms with Crippen LogP contribution in [0.3, 0.4) is 0 Å². The van der Waals surface area contributed by atoms with Crippen LogP contribution in [0.5, 0.6) is 0 Å². The lowest BCUT2D eigenvalue weighted by atomic mass is 9.96. The van der Waals surface area contributed by atoms with Gasteiger partial charge in [-0.2, -0.15) is 11.8 Å². The Morgan fingerprint density at radius 1 is 0.495 bits per heavy atom. The Bertz CT molecular complexity index is 3000. The highest BCUT2D eigenvalue weighted by molar-refractivity contribution is 7.98. The van der Waals surface area contributed by atoms with E-state index in [0.29, 0.717) is 37.9 Å². The van der Waals surface area contributed by atoms with Crippen LogP contribution in [-0.2, 0) is 76.7 Å². The van der Waals surface area contributed by atoms with Crippen LogP contribution in [0.2, 0.25) is 0 Å². The van der Waals surface area contributed by atoms with Gasteiger partial charge in [-0.15, -0.1) is 0 Å². The molecule has 40 nitrogen and oxygen atoms in total. The molecule has 0 aromatic heterocycles. The van der Waals surface area contributed by atoms with Gasteiger partial charge in [0.05, 0.1) is 31.9 Å². The number of aliphatic hydroxyl groups excluding tert-OH is 3. The first kappa shape index (κ1) is 96.0. The van der Waals surface area contributed by atoms with Gasteiger partial charge in [-0.3, -0.25) is 81.7 Å². The number of unbranched alkanes of at least 4 members (excludes halogenated alkanes) is 2. The maximum absolute atomic E-state index is 14.4. The number of carbonyl (C=O) groups excluding carboxylic acids is 16. The molecule has 0 aromatic rings. The molecule has 41 heteroatoms. The van der Waals surface area contributed by atoms with E-state index >= 15 is 0 Å². The van der Waals surface area contributed by atoms with E-state index in [2.05, 4.69) is 79.4 Å². The van der Waals surface area contributed by atoms with E-state index in [1.54, 1.807) is 47.8 Å². The highest BCUT2D eigenvalue weighted by atomic mass is 32.2. The Balaban J connectivity index is 3.42. The zero-order valence-electron chi connectivity index (χ0n) is 62.8. The smallest absolute Gasteiger partial charge is 0.245 e. The zero-order chi connectivity index (χ0) is 81.2. The molecule has 0 saturated carbocycles. The molecule has 0 aromatic carbocycles. The van der Waals surface area contributed by atoms with Crippen LogP contribution in [0.25, 0.3) is 0 Å². The maximum Gasteiger partial charge on any atom is 0.245 e. The van der Waals surface area contributed by atoms with E-state index in [0.717, 1.165) is 13.8 Å². The Kier molecular flexibility index (Phi) is 46.0. The molecule has 0 radical (unpaired) electrons. The van der Waals surface area contributed by atoms with Crippen molar-refractivity contribution in [2.75, 3.05) is 51.3 Å². The summed E-state index contributed by atoms with van der Waals surface area (Å²) in [6.07, 6.45) is -0.0758. The van der Waals surface area contributed by atoms with E-state index in [1.807, 2.05) is 0 Å². The molecule has 1 aliphatic rings. The number of aliphatic hydroxyl groups is 3. The summed E-state index contributed by atoms with van der Waals surface area (Å²) in [7, 11) is 0. The Hall–Kier alpha value is -9.06. The van der Waals surface area contributed by atoms with Crippen molar-refractivity contribution in [2.45, 2.75) is 243 Å². The molecule has 0 spiro atoms. The Labute approximate surface area is 627 Å². The molecule has 608 valence electrons. The molecule has 0 bridgehead atoms. The standard InChI is InChI=1S/C66H119N21O19S/c1-10-34(5)50(85-59(100)43(24-28-107-9)77-48(93)30-74-55(96)42-21-23-47(92)76-42)62(103)75-31-49(94)84-52(36(7)89)64(105)82-44(29-33(3)4)60(101)87-53(37(8)90)65(106)83-45(32-88)61(102)80-39(17-12-14-25-67)57(98)79-41(19-16-27-73-66(71)72)58(99)86-51(35(6)11-2)63(104)81-40(18-13-15-26-68)56(97)78-38(54(70)95)20-22-46(69)91/h33-45,50-53,88-90H,10-32,67-68H2,1-9H3,(H2,69,91)(H2,70,95)(H,74,96)(H,75,103)(H,76,92)(H,77,93)(H,78,97)(H,79,98)(H,80,102)(H,81,104)(H,82,105)(H,83,106)(H,84,94)(H,85,100)(H,86,99)(H,87,101)(H4,71,72,73). The molecule has 1 rings (SSSR count). The normalized spacial score (nSPS) is 16.7. The van der Waals surface area contributed by atoms with E-state index < -0.39 is 205 Å². The molecule has 0 aliphatic carbocycles. The molecule has 1 saturated heterocycles. The van der Waals surface area contributed by atoms with Crippen molar-refractivity contribution in [3.63, 3.8) is 0 Å². The summed E-state index contributed by atoms with van der Waals surface area (Å²) in [5.41, 5.74) is 33.3. The van der Waals surface area contributed by atoms with Crippen LogP contribution in [0.4, 0.5) is 0 Å². The second-order valence-corrected chi connectivity index (χ2v) is 27.8. The zero-order valence-corrected chi connectivity index (χ0v) is 63.6. The number of amides is 16. The number of carbonyl (C=O) groups is 16. The third kappa shape index (κ3) is 36.9. The summed E-state index contributed by atoms with van der Waals surface area (Å²) in [5.74, 6) is -15.5. The van der Waals surface area contributed by atoms with Gasteiger partial charge in [0.2, 0.25) is 94.5 Å². The van der Waals surface area contributed by atoms with Crippen LogP contribution in [0.15, 0.2) is 4.99 Å². The number of nitrogens with zero attached hydrogens (tertiary/aromatic N) is 1. The number of hydrogen-bond donors (Lipinski definition) is 23. The van der Waals surface area contributed by atoms with Crippen molar-refractivity contribution in [3.05, 3.63) is 0 Å². The summed E-state index contributed by atoms with van der Waals surface area (Å²) < 4.78 is 0. The summed E-state index contributed by atoms with van der Waals surface area (Å²) >= 11 is 1.37. The first-order valence-corrected chi connectivity index (χ1v) is 37.5. The Morgan fingerprint density at radius 3 is 1.36 bits per heavy atom. The van der Waals surface area contributed by atoms with Crippen LogP contribution < -0.4 is 109 Å². The number of aliphatic imine (C=N–C) groups is 1. The fourth-order valence-electron chi connectivity index (χ4n) is 10.7. The topological polar surface area (TPSA) is 671 Å². The first-order valence-electron chi connectivity index (χ1n) is 36.1. The lowest BCUT2D eigenvalue weighted by molar-refractivity contribution is -0.138. The minimum absolute atomic E-state index is 0.0181. The van der Waals surface area contributed by atoms with Crippen molar-refractivity contribution in [2.24, 2.45) is 57.1 Å². The van der Waals surface area contributed by atoms with Crippen LogP contribution in [0, 0.1) is 17.8 Å². The van der Waals surface area contributed by atoms with Crippen molar-refractivity contribution < 1.29 is 92.0 Å². The number of hydrogen-bond acceptors (Lipinski definition) is 23. The molecule has 16 unspecified atom stereocenters. The third-order valence-electron chi connectivity index (χ3n) is 17.4. The second-order valence-electron chi connectivity index (χ2n) is 26.9. The van der Waals surface area contributed by atoms with Crippen LogP contribution >= 0.6 is 11.8 Å². The monoisotopic (exact) mass is 1540 g/mol. The van der Waals surface area contributed by atoms with Gasteiger partial charge in [0, 0.05) is 19.4 Å². The minimum atomic E-state index is -1.92. The van der Waals surface area contributed by atoms with Gasteiger partial charge in [-0.1, -0.05) is 54.4 Å². The third-order valence-corrected chi connectivity index (χ3v) is 18.0. The lowest BCUT2D eigenvalue weighted by Gasteiger charge is -2.30. The molecule has 1 fully saturated rings. The Morgan fingerprint density at radius 2 is 0.907 bits per heavy atom. The summed E-state index contributed by atoms with van der Waals surface area (Å²) in [6, 6.07) is -17.4. The highest BCUT2D eigenvalue weighted by Gasteiger charge is 2.39. The average molecular weight is 1540 g/mol. The van der Waals surface area contributed by atoms with Crippen LogP contribution in [-0.4, -0.2) is 252 Å². The van der Waals surface area contributed by atoms with Gasteiger partial charge in [-0.05, 0) is 134 Å². The number of nitrogens with one attached hydrogen (secondary N) is 14. The van der Waals surface area contributed by atoms with Gasteiger partial charge in [0.25, 0.3) is 0 Å². The summed E-state index contributed by atoms with van der Waals surface area (Å²) in [6.45, 7) is 10.2. The predicted molar refractivity (Wildman–Crippen MR) is 394 cm³/mol. The van der Waals surface area contributed by atoms with Gasteiger partial charge in [0.15, 0.2) is 5.96 Å². The van der Waals surface area contributed by atoms with E-state index in [1.165, 1.54) is 11.8 Å². The highest BCUT2D eigenvalue weighted by Crippen LogP contribution is 2.16. The second kappa shape index (κ2) is 51.3. The molecule has 16 atom stereocenters. The molecular formula is C66H119N21O19S. The molecule has 1 heterocycles. The number of rotatable bonds is 54. The summed E-state index contributed by atoms with van der Waals surface area (Å²) in [5, 5.41) is 66.9. The number of guanidine groups is 1. The summed E-state index contributed by atoms with van der Waals surface area (Å²) in [4.78, 5) is 219. The molecular weight excluding hydrogens is 1420 g/mol. The van der Waals surface area contributed by atoms with Crippen molar-refractivity contribution in [1.82, 2.24) is 74.4 Å². The van der Waals surface area contributed by atoms with E-state index in [9.17, 15) is 92.0 Å². The van der Waals surface area contributed by atoms with E-state index in [-0.39, 0.29) is 108 Å². The largest absolute Gasteiger partial charge is 0.394 e. The van der Waals surface area contributed by atoms with Gasteiger partial charge in [-0.25, -0.2) is 0 Å². The molecule has 29 N–H and O–H groups in total. The lowest BCUT2D eigenvalue weighted by Crippen LogP contribution is -2.63. The van der Waals surface area contributed by atoms with Crippen molar-refractivity contribution in [1.29, 1.82) is 0 Å². The fourth-order valence-corrected chi connectivity index (χ4v) is 11.2. The van der Waals surface area contributed by atoms with Gasteiger partial charge < -0.3 is 124 Å². The first-order chi connectivity index (χ1) is 50.4. The SMILES string of the molecule is CCC(C)C(NC(=O)C(CCSC)NC(=O)CNC(=O)C1CCC(=O)N1)C(=O)NCC(=O)NC(C(=O)NC(CC(C)C)C(=O)NC(C(=O)NC(CO)C(=O)NC(CCCCN)C(=O)NC(CCCN=C(N)N)C(=O)NC(C(=O)NC(CCCCN)C(=O)NC(CCC(N)=O)C(N)=O)C(C)CC)C(C)O)C(C)O. The number of nitrogens with two attached hydrogens (primary N) is 6. The van der Waals surface area contributed by atoms with E-state index in [4.69, 9.17) is 34.4 Å². The predicted octanol–water partition coefficient (Wildman–Crippen LogP) is -8.46. The van der Waals surface area contributed by atoms with Gasteiger partial charge in [0.1, 0.15) is 72.5 Å². The van der Waals surface area contributed by atoms with Gasteiger partial charge >= 0.3 is 0 Å². The average Bonchev–Trinajstić information content (AvgIpc) is 1.31. The molecule has 1 aliphatic heterocycles. The fraction of sp³-hybridized carbons (Fsp3) is 0.742. The molecule has 107 heavy (non-hydrogen) atoms. The van der Waals surface area contributed by atoms with Crippen LogP contribution in [0.1, 0.15) is 158 Å². The maximum atomic E-state index is 14.4. The number of primary amides is 2. The van der Waals surface area contributed by atoms with Crippen molar-refractivity contribution in [3.8, 4) is 0 Å². The quantitative estimate of drug-likeness (QED) is 0.0153. The minimum Gasteiger partial charge on any atom is -0.394 e. The number of thioether (sulfide) groups is 1.